The third-order valence-electron chi connectivity index (χ3n) is 3.86. The Morgan fingerprint density at radius 1 is 1.22 bits per heavy atom. The van der Waals surface area contributed by atoms with Crippen LogP contribution in [-0.2, 0) is 6.54 Å². The average molecular weight is 320 g/mol. The van der Waals surface area contributed by atoms with E-state index in [9.17, 15) is 9.90 Å². The number of hydrogen-bond donors (Lipinski definition) is 3. The molecule has 2 amide bonds. The van der Waals surface area contributed by atoms with Crippen LogP contribution >= 0.6 is 0 Å². The number of aliphatic hydroxyl groups excluding tert-OH is 1. The Labute approximate surface area is 138 Å². The number of amides is 2. The Kier molecular flexibility index (Phi) is 5.88. The molecule has 0 spiro atoms. The summed E-state index contributed by atoms with van der Waals surface area (Å²) in [6.07, 6.45) is 2.97. The summed E-state index contributed by atoms with van der Waals surface area (Å²) < 4.78 is 5.93. The van der Waals surface area contributed by atoms with E-state index in [0.717, 1.165) is 37.0 Å². The highest BCUT2D eigenvalue weighted by Gasteiger charge is 2.21. The van der Waals surface area contributed by atoms with Crippen molar-refractivity contribution in [3.8, 4) is 5.75 Å². The minimum absolute atomic E-state index is 0.152. The number of urea groups is 1. The van der Waals surface area contributed by atoms with E-state index in [0.29, 0.717) is 6.54 Å². The van der Waals surface area contributed by atoms with Crippen molar-refractivity contribution in [2.75, 3.05) is 0 Å². The molecule has 0 unspecified atom stereocenters. The van der Waals surface area contributed by atoms with E-state index in [2.05, 4.69) is 10.6 Å². The predicted octanol–water partition coefficient (Wildman–Crippen LogP) is 2.97. The molecule has 5 nitrogen and oxygen atoms in total. The maximum atomic E-state index is 12.0. The Balaban J connectivity index is 1.84. The number of hydrogen-bond acceptors (Lipinski definition) is 3. The highest BCUT2D eigenvalue weighted by Crippen LogP contribution is 2.23. The van der Waals surface area contributed by atoms with Gasteiger partial charge in [-0.25, -0.2) is 4.79 Å². The molecule has 1 fully saturated rings. The van der Waals surface area contributed by atoms with Gasteiger partial charge in [0, 0.05) is 18.2 Å². The van der Waals surface area contributed by atoms with Gasteiger partial charge in [-0.3, -0.25) is 0 Å². The molecule has 1 aromatic rings. The summed E-state index contributed by atoms with van der Waals surface area (Å²) in [7, 11) is 0. The average Bonchev–Trinajstić information content (AvgIpc) is 2.47. The number of carbonyl (C=O) groups excluding carboxylic acids is 1. The van der Waals surface area contributed by atoms with E-state index < -0.39 is 0 Å². The number of nitrogens with one attached hydrogen (secondary N) is 2. The van der Waals surface area contributed by atoms with Gasteiger partial charge in [0.25, 0.3) is 0 Å². The summed E-state index contributed by atoms with van der Waals surface area (Å²) in [6.45, 7) is 6.43. The summed E-state index contributed by atoms with van der Waals surface area (Å²) in [4.78, 5) is 12.0. The predicted molar refractivity (Wildman–Crippen MR) is 90.5 cm³/mol. The van der Waals surface area contributed by atoms with Crippen LogP contribution in [0.5, 0.6) is 5.75 Å². The van der Waals surface area contributed by atoms with Gasteiger partial charge in [0.15, 0.2) is 0 Å². The van der Waals surface area contributed by atoms with Gasteiger partial charge in [0.2, 0.25) is 0 Å². The molecule has 23 heavy (non-hydrogen) atoms. The minimum Gasteiger partial charge on any atom is -0.488 e. The number of benzene rings is 1. The first-order valence-corrected chi connectivity index (χ1v) is 8.33. The molecule has 0 saturated heterocycles. The molecule has 5 heteroatoms. The fourth-order valence-electron chi connectivity index (χ4n) is 2.71. The van der Waals surface area contributed by atoms with Crippen LogP contribution in [0, 0.1) is 0 Å². The summed E-state index contributed by atoms with van der Waals surface area (Å²) in [6, 6.07) is 7.72. The quantitative estimate of drug-likeness (QED) is 0.799. The third kappa shape index (κ3) is 6.10. The van der Waals surface area contributed by atoms with Crippen LogP contribution in [0.25, 0.3) is 0 Å². The van der Waals surface area contributed by atoms with E-state index in [1.807, 2.05) is 45.0 Å². The molecule has 3 N–H and O–H groups in total. The molecule has 0 aromatic heterocycles. The molecule has 1 aromatic carbocycles. The molecular weight excluding hydrogens is 292 g/mol. The van der Waals surface area contributed by atoms with Crippen molar-refractivity contribution in [3.63, 3.8) is 0 Å². The fourth-order valence-corrected chi connectivity index (χ4v) is 2.71. The normalized spacial score (nSPS) is 21.6. The van der Waals surface area contributed by atoms with Crippen LogP contribution in [-0.4, -0.2) is 28.9 Å². The molecule has 128 valence electrons. The number of aliphatic hydroxyl groups is 1. The number of ether oxygens (including phenoxy) is 1. The molecule has 1 saturated carbocycles. The Morgan fingerprint density at radius 2 is 1.87 bits per heavy atom. The number of carbonyl (C=O) groups is 1. The SMILES string of the molecule is CC(C)(C)Oc1ccccc1CNC(=O)NC1CCC(O)CC1. The van der Waals surface area contributed by atoms with Gasteiger partial charge in [-0.1, -0.05) is 18.2 Å². The lowest BCUT2D eigenvalue weighted by Crippen LogP contribution is -2.43. The topological polar surface area (TPSA) is 70.6 Å². The first-order valence-electron chi connectivity index (χ1n) is 8.33. The zero-order valence-corrected chi connectivity index (χ0v) is 14.3. The van der Waals surface area contributed by atoms with E-state index >= 15 is 0 Å². The van der Waals surface area contributed by atoms with Crippen molar-refractivity contribution in [1.29, 1.82) is 0 Å². The molecular formula is C18H28N2O3. The van der Waals surface area contributed by atoms with Crippen LogP contribution in [0.1, 0.15) is 52.0 Å². The summed E-state index contributed by atoms with van der Waals surface area (Å²) >= 11 is 0. The molecule has 0 aliphatic heterocycles. The van der Waals surface area contributed by atoms with Crippen LogP contribution in [0.2, 0.25) is 0 Å². The summed E-state index contributed by atoms with van der Waals surface area (Å²) in [5.41, 5.74) is 0.679. The van der Waals surface area contributed by atoms with Gasteiger partial charge >= 0.3 is 6.03 Å². The lowest BCUT2D eigenvalue weighted by molar-refractivity contribution is 0.117. The zero-order valence-electron chi connectivity index (χ0n) is 14.3. The van der Waals surface area contributed by atoms with Gasteiger partial charge in [0.05, 0.1) is 6.10 Å². The Morgan fingerprint density at radius 3 is 2.52 bits per heavy atom. The van der Waals surface area contributed by atoms with Gasteiger partial charge in [-0.05, 0) is 52.5 Å². The standard InChI is InChI=1S/C18H28N2O3/c1-18(2,3)23-16-7-5-4-6-13(16)12-19-17(22)20-14-8-10-15(21)11-9-14/h4-7,14-15,21H,8-12H2,1-3H3,(H2,19,20,22). The van der Waals surface area contributed by atoms with Gasteiger partial charge in [-0.2, -0.15) is 0 Å². The van der Waals surface area contributed by atoms with Crippen LogP contribution in [0.4, 0.5) is 4.79 Å². The van der Waals surface area contributed by atoms with Gasteiger partial charge in [0.1, 0.15) is 11.4 Å². The van der Waals surface area contributed by atoms with Crippen molar-refractivity contribution < 1.29 is 14.6 Å². The fraction of sp³-hybridized carbons (Fsp3) is 0.611. The van der Waals surface area contributed by atoms with E-state index in [-0.39, 0.29) is 23.8 Å². The summed E-state index contributed by atoms with van der Waals surface area (Å²) in [5, 5.41) is 15.4. The second-order valence-corrected chi connectivity index (χ2v) is 7.15. The van der Waals surface area contributed by atoms with Crippen molar-refractivity contribution in [1.82, 2.24) is 10.6 Å². The van der Waals surface area contributed by atoms with Gasteiger partial charge < -0.3 is 20.5 Å². The Bertz CT molecular complexity index is 517. The van der Waals surface area contributed by atoms with E-state index in [1.54, 1.807) is 0 Å². The second-order valence-electron chi connectivity index (χ2n) is 7.15. The molecule has 1 aliphatic carbocycles. The highest BCUT2D eigenvalue weighted by atomic mass is 16.5. The largest absolute Gasteiger partial charge is 0.488 e. The van der Waals surface area contributed by atoms with Crippen LogP contribution < -0.4 is 15.4 Å². The molecule has 2 rings (SSSR count). The van der Waals surface area contributed by atoms with Gasteiger partial charge in [-0.15, -0.1) is 0 Å². The van der Waals surface area contributed by atoms with Crippen LogP contribution in [0.15, 0.2) is 24.3 Å². The minimum atomic E-state index is -0.276. The van der Waals surface area contributed by atoms with E-state index in [1.165, 1.54) is 0 Å². The van der Waals surface area contributed by atoms with Crippen LogP contribution in [0.3, 0.4) is 0 Å². The van der Waals surface area contributed by atoms with E-state index in [4.69, 9.17) is 4.74 Å². The second kappa shape index (κ2) is 7.68. The first-order chi connectivity index (χ1) is 10.8. The first kappa shape index (κ1) is 17.6. The van der Waals surface area contributed by atoms with Crippen molar-refractivity contribution in [2.24, 2.45) is 0 Å². The van der Waals surface area contributed by atoms with Crippen molar-refractivity contribution >= 4 is 6.03 Å². The number of rotatable bonds is 4. The molecule has 1 aliphatic rings. The molecule has 0 atom stereocenters. The third-order valence-corrected chi connectivity index (χ3v) is 3.86. The number of para-hydroxylation sites is 1. The molecule has 0 radical (unpaired) electrons. The zero-order chi connectivity index (χ0) is 16.9. The molecule has 0 bridgehead atoms. The van der Waals surface area contributed by atoms with Crippen molar-refractivity contribution in [2.45, 2.75) is 70.7 Å². The lowest BCUT2D eigenvalue weighted by atomic mass is 9.93. The monoisotopic (exact) mass is 320 g/mol. The highest BCUT2D eigenvalue weighted by molar-refractivity contribution is 5.74. The Hall–Kier alpha value is -1.75. The lowest BCUT2D eigenvalue weighted by Gasteiger charge is -2.26. The maximum Gasteiger partial charge on any atom is 0.315 e. The molecule has 0 heterocycles. The summed E-state index contributed by atoms with van der Waals surface area (Å²) in [5.74, 6) is 0.793. The maximum absolute atomic E-state index is 12.0. The van der Waals surface area contributed by atoms with Crippen molar-refractivity contribution in [3.05, 3.63) is 29.8 Å². The smallest absolute Gasteiger partial charge is 0.315 e.